The Morgan fingerprint density at radius 3 is 2.05 bits per heavy atom. The maximum absolute atomic E-state index is 11.9. The summed E-state index contributed by atoms with van der Waals surface area (Å²) in [4.78, 5) is 11.9. The van der Waals surface area contributed by atoms with E-state index in [0.29, 0.717) is 17.0 Å². The van der Waals surface area contributed by atoms with Crippen LogP contribution in [0.3, 0.4) is 0 Å². The molecule has 0 atom stereocenters. The van der Waals surface area contributed by atoms with E-state index < -0.39 is 0 Å². The first-order chi connectivity index (χ1) is 9.06. The van der Waals surface area contributed by atoms with Crippen LogP contribution in [0.4, 0.5) is 5.69 Å². The minimum atomic E-state index is -0.237. The molecule has 0 spiro atoms. The third-order valence-electron chi connectivity index (χ3n) is 2.71. The second-order valence-corrected chi connectivity index (χ2v) is 4.20. The molecule has 4 heteroatoms. The molecule has 4 nitrogen and oxygen atoms in total. The van der Waals surface area contributed by atoms with Crippen LogP contribution in [0.2, 0.25) is 0 Å². The molecule has 2 aromatic rings. The number of benzene rings is 2. The van der Waals surface area contributed by atoms with Gasteiger partial charge in [-0.1, -0.05) is 12.1 Å². The Morgan fingerprint density at radius 1 is 1.00 bits per heavy atom. The van der Waals surface area contributed by atoms with Gasteiger partial charge in [-0.2, -0.15) is 0 Å². The van der Waals surface area contributed by atoms with E-state index in [9.17, 15) is 4.79 Å². The number of carbonyl (C=O) groups excluding carboxylic acids is 1. The van der Waals surface area contributed by atoms with Gasteiger partial charge in [-0.25, -0.2) is 0 Å². The van der Waals surface area contributed by atoms with Crippen molar-refractivity contribution in [2.45, 2.75) is 6.92 Å². The van der Waals surface area contributed by atoms with E-state index in [1.54, 1.807) is 43.3 Å². The van der Waals surface area contributed by atoms with Crippen LogP contribution < -0.4 is 5.32 Å². The van der Waals surface area contributed by atoms with Gasteiger partial charge in [0.1, 0.15) is 5.75 Å². The summed E-state index contributed by atoms with van der Waals surface area (Å²) in [5, 5.41) is 19.4. The van der Waals surface area contributed by atoms with Crippen molar-refractivity contribution >= 4 is 17.3 Å². The van der Waals surface area contributed by atoms with Gasteiger partial charge in [-0.15, -0.1) is 0 Å². The molecule has 0 saturated heterocycles. The van der Waals surface area contributed by atoms with Gasteiger partial charge in [0.15, 0.2) is 0 Å². The molecule has 19 heavy (non-hydrogen) atoms. The zero-order valence-corrected chi connectivity index (χ0v) is 10.5. The number of phenolic OH excluding ortho intramolecular Hbond substituents is 1. The van der Waals surface area contributed by atoms with Crippen molar-refractivity contribution in [1.82, 2.24) is 0 Å². The van der Waals surface area contributed by atoms with E-state index in [1.807, 2.05) is 0 Å². The fraction of sp³-hybridized carbons (Fsp3) is 0.0667. The van der Waals surface area contributed by atoms with Crippen LogP contribution >= 0.6 is 0 Å². The van der Waals surface area contributed by atoms with Gasteiger partial charge in [0.05, 0.1) is 0 Å². The topological polar surface area (TPSA) is 73.2 Å². The predicted molar refractivity (Wildman–Crippen MR) is 75.0 cm³/mol. The predicted octanol–water partition coefficient (Wildman–Crippen LogP) is 3.03. The highest BCUT2D eigenvalue weighted by molar-refractivity contribution is 6.04. The average Bonchev–Trinajstić information content (AvgIpc) is 2.40. The van der Waals surface area contributed by atoms with Gasteiger partial charge in [0, 0.05) is 17.0 Å². The van der Waals surface area contributed by atoms with Crippen LogP contribution in [0.25, 0.3) is 0 Å². The lowest BCUT2D eigenvalue weighted by Crippen LogP contribution is -2.11. The molecule has 96 valence electrons. The Morgan fingerprint density at radius 2 is 1.53 bits per heavy atom. The average molecular weight is 254 g/mol. The molecule has 0 heterocycles. The molecule has 0 aromatic heterocycles. The molecule has 0 radical (unpaired) electrons. The van der Waals surface area contributed by atoms with Crippen LogP contribution in [0.5, 0.6) is 5.75 Å². The number of hydrogen-bond acceptors (Lipinski definition) is 3. The molecule has 0 bridgehead atoms. The van der Waals surface area contributed by atoms with Crippen molar-refractivity contribution in [3.63, 3.8) is 0 Å². The molecule has 0 aliphatic heterocycles. The van der Waals surface area contributed by atoms with E-state index >= 15 is 0 Å². The smallest absolute Gasteiger partial charge is 0.255 e. The Labute approximate surface area is 111 Å². The summed E-state index contributed by atoms with van der Waals surface area (Å²) in [6.45, 7) is 1.71. The summed E-state index contributed by atoms with van der Waals surface area (Å²) in [6.07, 6.45) is 0. The number of nitrogens with one attached hydrogen (secondary N) is 2. The first-order valence-electron chi connectivity index (χ1n) is 5.82. The van der Waals surface area contributed by atoms with Gasteiger partial charge in [-0.05, 0) is 48.9 Å². The summed E-state index contributed by atoms with van der Waals surface area (Å²) in [5.74, 6) is -0.110. The van der Waals surface area contributed by atoms with Gasteiger partial charge < -0.3 is 15.8 Å². The Kier molecular flexibility index (Phi) is 3.61. The van der Waals surface area contributed by atoms with Crippen molar-refractivity contribution in [3.8, 4) is 5.75 Å². The van der Waals surface area contributed by atoms with Crippen molar-refractivity contribution in [2.24, 2.45) is 0 Å². The third-order valence-corrected chi connectivity index (χ3v) is 2.71. The maximum atomic E-state index is 11.9. The lowest BCUT2D eigenvalue weighted by molar-refractivity contribution is 0.102. The molecule has 0 unspecified atom stereocenters. The number of anilines is 1. The zero-order chi connectivity index (χ0) is 13.8. The summed E-state index contributed by atoms with van der Waals surface area (Å²) in [7, 11) is 0. The summed E-state index contributed by atoms with van der Waals surface area (Å²) in [6, 6.07) is 13.1. The van der Waals surface area contributed by atoms with Gasteiger partial charge >= 0.3 is 0 Å². The Balaban J connectivity index is 2.10. The monoisotopic (exact) mass is 254 g/mol. The Hall–Kier alpha value is -2.62. The van der Waals surface area contributed by atoms with Crippen molar-refractivity contribution < 1.29 is 9.90 Å². The normalized spacial score (nSPS) is 9.95. The minimum Gasteiger partial charge on any atom is -0.508 e. The number of aromatic hydroxyl groups is 1. The van der Waals surface area contributed by atoms with E-state index in [0.717, 1.165) is 5.56 Å². The number of hydrogen-bond donors (Lipinski definition) is 3. The van der Waals surface area contributed by atoms with E-state index in [4.69, 9.17) is 10.5 Å². The lowest BCUT2D eigenvalue weighted by Gasteiger charge is -2.06. The number of carbonyl (C=O) groups is 1. The highest BCUT2D eigenvalue weighted by Crippen LogP contribution is 2.14. The molecule has 2 rings (SSSR count). The van der Waals surface area contributed by atoms with Crippen LogP contribution in [0.15, 0.2) is 48.5 Å². The van der Waals surface area contributed by atoms with Crippen LogP contribution in [0.1, 0.15) is 22.8 Å². The second-order valence-electron chi connectivity index (χ2n) is 4.20. The van der Waals surface area contributed by atoms with Crippen molar-refractivity contribution in [3.05, 3.63) is 59.7 Å². The highest BCUT2D eigenvalue weighted by Gasteiger charge is 2.06. The summed E-state index contributed by atoms with van der Waals surface area (Å²) in [5.41, 5.74) is 2.45. The fourth-order valence-electron chi connectivity index (χ4n) is 1.62. The minimum absolute atomic E-state index is 0.127. The first-order valence-corrected chi connectivity index (χ1v) is 5.82. The second kappa shape index (κ2) is 5.35. The SMILES string of the molecule is CC(=N)c1ccc(NC(=O)c2ccc(O)cc2)cc1. The molecule has 0 fully saturated rings. The third kappa shape index (κ3) is 3.19. The van der Waals surface area contributed by atoms with E-state index in [1.165, 1.54) is 12.1 Å². The molecule has 3 N–H and O–H groups in total. The molecule has 0 aliphatic carbocycles. The molecule has 0 aliphatic rings. The standard InChI is InChI=1S/C15H14N2O2/c1-10(16)11-2-6-13(7-3-11)17-15(19)12-4-8-14(18)9-5-12/h2-9,16,18H,1H3,(H,17,19). The van der Waals surface area contributed by atoms with E-state index in [2.05, 4.69) is 5.32 Å². The highest BCUT2D eigenvalue weighted by atomic mass is 16.3. The number of rotatable bonds is 3. The first kappa shape index (κ1) is 12.8. The van der Waals surface area contributed by atoms with Gasteiger partial charge in [-0.3, -0.25) is 4.79 Å². The van der Waals surface area contributed by atoms with Crippen molar-refractivity contribution in [2.75, 3.05) is 5.32 Å². The van der Waals surface area contributed by atoms with Crippen LogP contribution in [-0.2, 0) is 0 Å². The largest absolute Gasteiger partial charge is 0.508 e. The molecular weight excluding hydrogens is 240 g/mol. The molecule has 1 amide bonds. The fourth-order valence-corrected chi connectivity index (χ4v) is 1.62. The zero-order valence-electron chi connectivity index (χ0n) is 10.5. The number of phenols is 1. The quantitative estimate of drug-likeness (QED) is 0.736. The summed E-state index contributed by atoms with van der Waals surface area (Å²) < 4.78 is 0. The van der Waals surface area contributed by atoms with Crippen molar-refractivity contribution in [1.29, 1.82) is 5.41 Å². The molecule has 2 aromatic carbocycles. The lowest BCUT2D eigenvalue weighted by atomic mass is 10.1. The van der Waals surface area contributed by atoms with E-state index in [-0.39, 0.29) is 11.7 Å². The van der Waals surface area contributed by atoms with Crippen LogP contribution in [0, 0.1) is 5.41 Å². The summed E-state index contributed by atoms with van der Waals surface area (Å²) >= 11 is 0. The van der Waals surface area contributed by atoms with Gasteiger partial charge in [0.2, 0.25) is 0 Å². The molecule has 0 saturated carbocycles. The van der Waals surface area contributed by atoms with Crippen LogP contribution in [-0.4, -0.2) is 16.7 Å². The number of amides is 1. The maximum Gasteiger partial charge on any atom is 0.255 e. The Bertz CT molecular complexity index is 601. The molecular formula is C15H14N2O2. The van der Waals surface area contributed by atoms with Gasteiger partial charge in [0.25, 0.3) is 5.91 Å².